The molecule has 49 heavy (non-hydrogen) atoms. The summed E-state index contributed by atoms with van der Waals surface area (Å²) in [6, 6.07) is 7.23. The van der Waals surface area contributed by atoms with Crippen LogP contribution in [0.3, 0.4) is 0 Å². The third kappa shape index (κ3) is 6.64. The summed E-state index contributed by atoms with van der Waals surface area (Å²) in [5.74, 6) is 0.641. The molecule has 0 unspecified atom stereocenters. The van der Waals surface area contributed by atoms with E-state index < -0.39 is 6.04 Å². The Kier molecular flexibility index (Phi) is 9.12. The lowest BCUT2D eigenvalue weighted by Gasteiger charge is -2.27. The quantitative estimate of drug-likeness (QED) is 0.193. The van der Waals surface area contributed by atoms with Gasteiger partial charge in [0.2, 0.25) is 11.8 Å². The number of ketones is 1. The number of nitrogens with one attached hydrogen (secondary N) is 1. The molecule has 11 nitrogen and oxygen atoms in total. The van der Waals surface area contributed by atoms with Crippen molar-refractivity contribution in [2.45, 2.75) is 97.3 Å². The molecule has 3 atom stereocenters. The van der Waals surface area contributed by atoms with Crippen LogP contribution in [-0.4, -0.2) is 77.8 Å². The molecule has 3 aromatic heterocycles. The number of amides is 2. The summed E-state index contributed by atoms with van der Waals surface area (Å²) in [6.07, 6.45) is 11.9. The minimum absolute atomic E-state index is 0.0100. The highest BCUT2D eigenvalue weighted by atomic mass is 79.9. The van der Waals surface area contributed by atoms with Gasteiger partial charge in [0, 0.05) is 48.4 Å². The number of carbonyl (C=O) groups is 3. The number of anilines is 1. The first-order chi connectivity index (χ1) is 23.5. The van der Waals surface area contributed by atoms with Gasteiger partial charge < -0.3 is 15.1 Å². The molecule has 12 heteroatoms. The van der Waals surface area contributed by atoms with Gasteiger partial charge >= 0.3 is 0 Å². The Balaban J connectivity index is 1.21. The molecule has 3 aliphatic rings. The molecule has 1 aromatic carbocycles. The van der Waals surface area contributed by atoms with Crippen molar-refractivity contribution < 1.29 is 14.4 Å². The number of aryl methyl sites for hydroxylation is 2. The van der Waals surface area contributed by atoms with Gasteiger partial charge in [0.15, 0.2) is 5.78 Å². The summed E-state index contributed by atoms with van der Waals surface area (Å²) < 4.78 is 2.29. The van der Waals surface area contributed by atoms with Gasteiger partial charge in [-0.3, -0.25) is 19.1 Å². The number of carbonyl (C=O) groups excluding carboxylic acids is 3. The largest absolute Gasteiger partial charge is 0.325 e. The second-order valence-corrected chi connectivity index (χ2v) is 15.1. The molecule has 1 spiro atoms. The first kappa shape index (κ1) is 33.5. The lowest BCUT2D eigenvalue weighted by Crippen LogP contribution is -2.47. The van der Waals surface area contributed by atoms with Crippen molar-refractivity contribution in [1.29, 1.82) is 0 Å². The van der Waals surface area contributed by atoms with E-state index in [9.17, 15) is 14.4 Å². The number of pyridine rings is 1. The van der Waals surface area contributed by atoms with Gasteiger partial charge in [0.1, 0.15) is 34.5 Å². The van der Waals surface area contributed by atoms with E-state index in [-0.39, 0.29) is 35.6 Å². The molecular formula is C37H43BrN8O3. The van der Waals surface area contributed by atoms with Gasteiger partial charge in [-0.1, -0.05) is 31.7 Å². The first-order valence-corrected chi connectivity index (χ1v) is 18.1. The van der Waals surface area contributed by atoms with Gasteiger partial charge in [-0.25, -0.2) is 15.0 Å². The molecular weight excluding hydrogens is 684 g/mol. The maximum absolute atomic E-state index is 14.4. The molecule has 256 valence electrons. The highest BCUT2D eigenvalue weighted by Crippen LogP contribution is 2.62. The predicted molar refractivity (Wildman–Crippen MR) is 191 cm³/mol. The molecule has 1 saturated heterocycles. The summed E-state index contributed by atoms with van der Waals surface area (Å²) in [7, 11) is 2.10. The first-order valence-electron chi connectivity index (χ1n) is 17.3. The Labute approximate surface area is 295 Å². The van der Waals surface area contributed by atoms with Gasteiger partial charge in [-0.15, -0.1) is 0 Å². The molecule has 7 rings (SSSR count). The van der Waals surface area contributed by atoms with Crippen LogP contribution >= 0.6 is 15.9 Å². The van der Waals surface area contributed by atoms with Crippen LogP contribution in [0.1, 0.15) is 85.7 Å². The summed E-state index contributed by atoms with van der Waals surface area (Å²) in [5.41, 5.74) is 4.53. The number of aromatic nitrogens is 5. The van der Waals surface area contributed by atoms with Crippen molar-refractivity contribution in [3.8, 4) is 11.1 Å². The van der Waals surface area contributed by atoms with Crippen LogP contribution in [0.15, 0.2) is 41.3 Å². The van der Waals surface area contributed by atoms with E-state index in [1.54, 1.807) is 17.1 Å². The van der Waals surface area contributed by atoms with E-state index in [2.05, 4.69) is 48.1 Å². The molecule has 5 heterocycles. The lowest BCUT2D eigenvalue weighted by atomic mass is 9.92. The molecule has 2 amide bonds. The fraction of sp³-hybridized carbons (Fsp3) is 0.486. The van der Waals surface area contributed by atoms with E-state index in [0.717, 1.165) is 66.4 Å². The monoisotopic (exact) mass is 726 g/mol. The molecule has 0 radical (unpaired) electrons. The number of nitrogens with zero attached hydrogens (tertiary/aromatic N) is 7. The zero-order chi connectivity index (χ0) is 34.4. The van der Waals surface area contributed by atoms with Crippen LogP contribution < -0.4 is 5.32 Å². The van der Waals surface area contributed by atoms with E-state index >= 15 is 0 Å². The van der Waals surface area contributed by atoms with E-state index in [0.29, 0.717) is 40.3 Å². The minimum atomic E-state index is -0.617. The van der Waals surface area contributed by atoms with Gasteiger partial charge in [0.05, 0.1) is 5.52 Å². The third-order valence-corrected chi connectivity index (χ3v) is 11.1. The maximum atomic E-state index is 14.4. The Hall–Kier alpha value is -4.03. The number of hydrogen-bond acceptors (Lipinski definition) is 8. The number of fused-ring (bicyclic) bond motifs is 3. The number of hydrogen-bond donors (Lipinski definition) is 1. The van der Waals surface area contributed by atoms with Crippen LogP contribution in [-0.2, 0) is 22.7 Å². The zero-order valence-electron chi connectivity index (χ0n) is 28.6. The smallest absolute Gasteiger partial charge is 0.248 e. The third-order valence-electron chi connectivity index (χ3n) is 10.6. The van der Waals surface area contributed by atoms with Crippen LogP contribution in [0, 0.1) is 19.3 Å². The van der Waals surface area contributed by atoms with Crippen molar-refractivity contribution in [2.24, 2.45) is 5.41 Å². The molecule has 2 bridgehead atoms. The average Bonchev–Trinajstić information content (AvgIpc) is 3.46. The molecule has 1 saturated carbocycles. The number of likely N-dealkylation sites (tertiary alicyclic amines) is 1. The SMILES string of the molecule is CC(=O)c1nn(CC(=O)N2[C@H]3C[C@@]4(CCCCCCCN(C)Cc5ccc(Br)nc5NC3=O)C[C@@H]24)c2c(C)cc(-c3cnc(C)nc3)cc12. The fourth-order valence-corrected chi connectivity index (χ4v) is 8.37. The van der Waals surface area contributed by atoms with Crippen molar-refractivity contribution >= 4 is 50.2 Å². The predicted octanol–water partition coefficient (Wildman–Crippen LogP) is 6.25. The molecule has 2 fully saturated rings. The summed E-state index contributed by atoms with van der Waals surface area (Å²) in [6.45, 7) is 6.87. The lowest BCUT2D eigenvalue weighted by molar-refractivity contribution is -0.138. The number of benzene rings is 1. The van der Waals surface area contributed by atoms with Gasteiger partial charge in [-0.05, 0) is 104 Å². The van der Waals surface area contributed by atoms with E-state index in [1.165, 1.54) is 19.8 Å². The van der Waals surface area contributed by atoms with Crippen LogP contribution in [0.5, 0.6) is 0 Å². The maximum Gasteiger partial charge on any atom is 0.248 e. The molecule has 1 aliphatic carbocycles. The van der Waals surface area contributed by atoms with Gasteiger partial charge in [0.25, 0.3) is 0 Å². The second kappa shape index (κ2) is 13.4. The van der Waals surface area contributed by atoms with E-state index in [1.807, 2.05) is 43.0 Å². The summed E-state index contributed by atoms with van der Waals surface area (Å²) in [5, 5.41) is 8.50. The standard InChI is InChI=1S/C37H43BrN8O3/c1-22-14-26(27-18-39-24(3)40-19-27)15-28-33(23(2)47)43-45(34(22)28)21-32(48)46-29-16-37(17-30(37)46)12-8-6-5-7-9-13-44(4)20-25-10-11-31(38)41-35(25)42-36(29)49/h10-11,14-15,18-19,29-30H,5-9,12-13,16-17,20-21H2,1-4H3,(H,41,42,49)/t29-,30+,37-/m0/s1. The Morgan fingerprint density at radius 1 is 1.02 bits per heavy atom. The Bertz CT molecular complexity index is 1940. The Morgan fingerprint density at radius 3 is 2.55 bits per heavy atom. The van der Waals surface area contributed by atoms with Gasteiger partial charge in [-0.2, -0.15) is 5.10 Å². The number of piperidine rings is 1. The molecule has 1 N–H and O–H groups in total. The number of halogens is 1. The Morgan fingerprint density at radius 2 is 1.78 bits per heavy atom. The van der Waals surface area contributed by atoms with Crippen molar-refractivity contribution in [1.82, 2.24) is 34.5 Å². The number of rotatable bonds is 4. The van der Waals surface area contributed by atoms with E-state index in [4.69, 9.17) is 5.10 Å². The fourth-order valence-electron chi connectivity index (χ4n) is 8.06. The normalized spacial score (nSPS) is 23.2. The van der Waals surface area contributed by atoms with Crippen molar-refractivity contribution in [2.75, 3.05) is 18.9 Å². The average molecular weight is 728 g/mol. The second-order valence-electron chi connectivity index (χ2n) is 14.3. The highest BCUT2D eigenvalue weighted by molar-refractivity contribution is 9.10. The summed E-state index contributed by atoms with van der Waals surface area (Å²) >= 11 is 3.48. The zero-order valence-corrected chi connectivity index (χ0v) is 30.2. The highest BCUT2D eigenvalue weighted by Gasteiger charge is 2.66. The van der Waals surface area contributed by atoms with Crippen LogP contribution in [0.25, 0.3) is 22.0 Å². The van der Waals surface area contributed by atoms with Crippen molar-refractivity contribution in [3.63, 3.8) is 0 Å². The summed E-state index contributed by atoms with van der Waals surface area (Å²) in [4.78, 5) is 58.8. The van der Waals surface area contributed by atoms with Crippen LogP contribution in [0.2, 0.25) is 0 Å². The minimum Gasteiger partial charge on any atom is -0.325 e. The number of Topliss-reactive ketones (excluding diaryl/α,β-unsaturated/α-hetero) is 1. The molecule has 2 aliphatic heterocycles. The topological polar surface area (TPSA) is 126 Å². The van der Waals surface area contributed by atoms with Crippen LogP contribution in [0.4, 0.5) is 5.82 Å². The van der Waals surface area contributed by atoms with Crippen molar-refractivity contribution in [3.05, 3.63) is 63.9 Å². The molecule has 4 aromatic rings.